The molecule has 1 aliphatic heterocycles. The lowest BCUT2D eigenvalue weighted by Gasteiger charge is -2.40. The standard InChI is InChI=1S/C30H50N4O5/c1-10-20(4)28(33(7)30(37)23(19(2)3)17-26-31-14-12-15-32-26)25(38-8)18-27(36)34-16-11-13-24(34)29(39-9)21(5)22(6)35/h12,14-15,19-21,23-25,28-29H,10-11,13,16-18H2,1-9H3/t20-,21-,23-,24-,25+,28-,29+/m0/s1. The maximum Gasteiger partial charge on any atom is 0.226 e. The fourth-order valence-corrected chi connectivity index (χ4v) is 5.89. The number of methoxy groups -OCH3 is 2. The van der Waals surface area contributed by atoms with Gasteiger partial charge in [0.25, 0.3) is 0 Å². The lowest BCUT2D eigenvalue weighted by molar-refractivity contribution is -0.148. The number of ketones is 1. The normalized spacial score (nSPS) is 20.3. The molecule has 0 aliphatic carbocycles. The highest BCUT2D eigenvalue weighted by atomic mass is 16.5. The molecule has 7 atom stereocenters. The molecule has 2 amide bonds. The van der Waals surface area contributed by atoms with Crippen molar-refractivity contribution in [2.45, 2.75) is 97.9 Å². The van der Waals surface area contributed by atoms with Crippen LogP contribution in [0.2, 0.25) is 0 Å². The van der Waals surface area contributed by atoms with Crippen molar-refractivity contribution in [1.82, 2.24) is 19.8 Å². The van der Waals surface area contributed by atoms with Gasteiger partial charge in [0.2, 0.25) is 11.8 Å². The Morgan fingerprint density at radius 2 is 1.74 bits per heavy atom. The summed E-state index contributed by atoms with van der Waals surface area (Å²) in [6.07, 6.45) is 5.66. The summed E-state index contributed by atoms with van der Waals surface area (Å²) in [7, 11) is 5.04. The van der Waals surface area contributed by atoms with Crippen molar-refractivity contribution in [2.75, 3.05) is 27.8 Å². The third-order valence-corrected chi connectivity index (χ3v) is 8.63. The van der Waals surface area contributed by atoms with E-state index in [4.69, 9.17) is 9.47 Å². The molecule has 0 bridgehead atoms. The van der Waals surface area contributed by atoms with Crippen LogP contribution < -0.4 is 0 Å². The quantitative estimate of drug-likeness (QED) is 0.330. The van der Waals surface area contributed by atoms with E-state index in [1.807, 2.05) is 32.7 Å². The van der Waals surface area contributed by atoms with E-state index < -0.39 is 6.10 Å². The van der Waals surface area contributed by atoms with Crippen molar-refractivity contribution in [3.05, 3.63) is 24.3 Å². The number of likely N-dealkylation sites (N-methyl/N-ethyl adjacent to an activating group) is 1. The van der Waals surface area contributed by atoms with E-state index in [2.05, 4.69) is 23.8 Å². The maximum atomic E-state index is 13.9. The van der Waals surface area contributed by atoms with Crippen LogP contribution in [0.3, 0.4) is 0 Å². The van der Waals surface area contributed by atoms with Gasteiger partial charge in [0.1, 0.15) is 11.6 Å². The topological polar surface area (TPSA) is 102 Å². The highest BCUT2D eigenvalue weighted by Gasteiger charge is 2.42. The summed E-state index contributed by atoms with van der Waals surface area (Å²) in [6, 6.07) is 1.32. The Labute approximate surface area is 235 Å². The number of aromatic nitrogens is 2. The van der Waals surface area contributed by atoms with Crippen LogP contribution in [-0.2, 0) is 30.3 Å². The summed E-state index contributed by atoms with van der Waals surface area (Å²) in [4.78, 5) is 52.1. The van der Waals surface area contributed by atoms with Crippen molar-refractivity contribution in [3.8, 4) is 0 Å². The molecule has 39 heavy (non-hydrogen) atoms. The van der Waals surface area contributed by atoms with Gasteiger partial charge in [-0.05, 0) is 37.7 Å². The van der Waals surface area contributed by atoms with Gasteiger partial charge in [0, 0.05) is 58.5 Å². The second-order valence-corrected chi connectivity index (χ2v) is 11.4. The number of carbonyl (C=O) groups excluding carboxylic acids is 3. The van der Waals surface area contributed by atoms with E-state index in [0.29, 0.717) is 18.8 Å². The Kier molecular flexibility index (Phi) is 13.0. The fraction of sp³-hybridized carbons (Fsp3) is 0.767. The third kappa shape index (κ3) is 8.30. The van der Waals surface area contributed by atoms with Gasteiger partial charge in [-0.2, -0.15) is 0 Å². The van der Waals surface area contributed by atoms with Crippen LogP contribution in [0.1, 0.15) is 73.1 Å². The SMILES string of the molecule is CC[C@H](C)[C@@H]([C@@H](CC(=O)N1CCC[C@H]1[C@H](OC)[C@@H](C)C(C)=O)OC)N(C)C(=O)[C@@H](Cc1ncccn1)C(C)C. The summed E-state index contributed by atoms with van der Waals surface area (Å²) in [5, 5.41) is 0. The molecule has 9 heteroatoms. The van der Waals surface area contributed by atoms with E-state index in [-0.39, 0.29) is 65.9 Å². The summed E-state index contributed by atoms with van der Waals surface area (Å²) >= 11 is 0. The Hall–Kier alpha value is -2.39. The molecule has 0 unspecified atom stereocenters. The first kappa shape index (κ1) is 32.8. The molecule has 2 rings (SSSR count). The molecular weight excluding hydrogens is 496 g/mol. The molecule has 0 radical (unpaired) electrons. The molecule has 220 valence electrons. The predicted octanol–water partition coefficient (Wildman–Crippen LogP) is 3.80. The first-order valence-corrected chi connectivity index (χ1v) is 14.4. The van der Waals surface area contributed by atoms with Crippen LogP contribution in [0.15, 0.2) is 18.5 Å². The smallest absolute Gasteiger partial charge is 0.226 e. The van der Waals surface area contributed by atoms with Gasteiger partial charge in [-0.25, -0.2) is 9.97 Å². The molecule has 0 N–H and O–H groups in total. The lowest BCUT2D eigenvalue weighted by Crippen LogP contribution is -2.54. The van der Waals surface area contributed by atoms with Gasteiger partial charge in [0.15, 0.2) is 0 Å². The number of hydrogen-bond acceptors (Lipinski definition) is 7. The van der Waals surface area contributed by atoms with Gasteiger partial charge in [0.05, 0.1) is 30.7 Å². The fourth-order valence-electron chi connectivity index (χ4n) is 5.89. The van der Waals surface area contributed by atoms with Crippen LogP contribution in [-0.4, -0.2) is 89.5 Å². The Morgan fingerprint density at radius 1 is 1.10 bits per heavy atom. The lowest BCUT2D eigenvalue weighted by atomic mass is 9.86. The van der Waals surface area contributed by atoms with E-state index in [0.717, 1.165) is 19.3 Å². The average molecular weight is 547 g/mol. The molecule has 1 aromatic rings. The monoisotopic (exact) mass is 546 g/mol. The number of amides is 2. The van der Waals surface area contributed by atoms with Crippen molar-refractivity contribution in [1.29, 1.82) is 0 Å². The number of rotatable bonds is 15. The maximum absolute atomic E-state index is 13.9. The van der Waals surface area contributed by atoms with E-state index in [1.165, 1.54) is 0 Å². The second-order valence-electron chi connectivity index (χ2n) is 11.4. The van der Waals surface area contributed by atoms with Crippen LogP contribution in [0, 0.1) is 23.7 Å². The molecule has 0 saturated carbocycles. The number of nitrogens with zero attached hydrogens (tertiary/aromatic N) is 4. The van der Waals surface area contributed by atoms with Gasteiger partial charge in [-0.1, -0.05) is 41.0 Å². The zero-order chi connectivity index (χ0) is 29.3. The molecule has 1 fully saturated rings. The van der Waals surface area contributed by atoms with Gasteiger partial charge >= 0.3 is 0 Å². The molecule has 2 heterocycles. The first-order chi connectivity index (χ1) is 18.5. The van der Waals surface area contributed by atoms with Crippen LogP contribution in [0.25, 0.3) is 0 Å². The number of likely N-dealkylation sites (tertiary alicyclic amines) is 1. The van der Waals surface area contributed by atoms with Crippen molar-refractivity contribution >= 4 is 17.6 Å². The molecule has 9 nitrogen and oxygen atoms in total. The van der Waals surface area contributed by atoms with Crippen molar-refractivity contribution in [2.24, 2.45) is 23.7 Å². The van der Waals surface area contributed by atoms with Gasteiger partial charge in [-0.3, -0.25) is 14.4 Å². The number of Topliss-reactive ketones (excluding diaryl/α,β-unsaturated/α-hetero) is 1. The first-order valence-electron chi connectivity index (χ1n) is 14.4. The average Bonchev–Trinajstić information content (AvgIpc) is 3.40. The number of carbonyl (C=O) groups is 3. The zero-order valence-corrected chi connectivity index (χ0v) is 25.4. The largest absolute Gasteiger partial charge is 0.379 e. The summed E-state index contributed by atoms with van der Waals surface area (Å²) in [6.45, 7) is 12.3. The van der Waals surface area contributed by atoms with Crippen LogP contribution >= 0.6 is 0 Å². The highest BCUT2D eigenvalue weighted by molar-refractivity contribution is 5.81. The molecule has 1 saturated heterocycles. The molecule has 0 aromatic carbocycles. The Bertz CT molecular complexity index is 927. The molecule has 1 aliphatic rings. The van der Waals surface area contributed by atoms with Crippen molar-refractivity contribution < 1.29 is 23.9 Å². The van der Waals surface area contributed by atoms with E-state index in [1.54, 1.807) is 44.5 Å². The Morgan fingerprint density at radius 3 is 2.26 bits per heavy atom. The van der Waals surface area contributed by atoms with Gasteiger partial charge < -0.3 is 19.3 Å². The molecule has 0 spiro atoms. The van der Waals surface area contributed by atoms with Crippen LogP contribution in [0.4, 0.5) is 0 Å². The molecular formula is C30H50N4O5. The highest BCUT2D eigenvalue weighted by Crippen LogP contribution is 2.30. The van der Waals surface area contributed by atoms with E-state index >= 15 is 0 Å². The minimum absolute atomic E-state index is 0.00558. The third-order valence-electron chi connectivity index (χ3n) is 8.63. The summed E-state index contributed by atoms with van der Waals surface area (Å²) < 4.78 is 11.7. The zero-order valence-electron chi connectivity index (χ0n) is 25.4. The van der Waals surface area contributed by atoms with Gasteiger partial charge in [-0.15, -0.1) is 0 Å². The minimum atomic E-state index is -0.477. The van der Waals surface area contributed by atoms with Crippen molar-refractivity contribution in [3.63, 3.8) is 0 Å². The second kappa shape index (κ2) is 15.4. The van der Waals surface area contributed by atoms with E-state index in [9.17, 15) is 14.4 Å². The minimum Gasteiger partial charge on any atom is -0.379 e. The molecule has 1 aromatic heterocycles. The predicted molar refractivity (Wildman–Crippen MR) is 151 cm³/mol. The van der Waals surface area contributed by atoms with Crippen LogP contribution in [0.5, 0.6) is 0 Å². The summed E-state index contributed by atoms with van der Waals surface area (Å²) in [5.74, 6) is 0.262. The Balaban J connectivity index is 2.27. The number of hydrogen-bond donors (Lipinski definition) is 0. The number of ether oxygens (including phenoxy) is 2. The summed E-state index contributed by atoms with van der Waals surface area (Å²) in [5.41, 5.74) is 0.